The Labute approximate surface area is 102 Å². The molecular weight excluding hydrogens is 243 g/mol. The average Bonchev–Trinajstić information content (AvgIpc) is 2.14. The van der Waals surface area contributed by atoms with Gasteiger partial charge in [0.25, 0.3) is 0 Å². The lowest BCUT2D eigenvalue weighted by Crippen LogP contribution is -2.24. The Bertz CT molecular complexity index is 480. The summed E-state index contributed by atoms with van der Waals surface area (Å²) < 4.78 is 39.3. The fourth-order valence-corrected chi connectivity index (χ4v) is 2.92. The molecule has 0 aliphatic carbocycles. The van der Waals surface area contributed by atoms with Crippen molar-refractivity contribution in [2.75, 3.05) is 12.9 Å². The monoisotopic (exact) mass is 260 g/mol. The first-order valence-corrected chi connectivity index (χ1v) is 6.83. The maximum absolute atomic E-state index is 12.7. The smallest absolute Gasteiger partial charge is 0.302 e. The predicted molar refractivity (Wildman–Crippen MR) is 65.4 cm³/mol. The molecule has 0 heterocycles. The van der Waals surface area contributed by atoms with Crippen LogP contribution < -0.4 is 4.74 Å². The first-order valence-electron chi connectivity index (χ1n) is 5.28. The quantitative estimate of drug-likeness (QED) is 0.764. The van der Waals surface area contributed by atoms with E-state index in [9.17, 15) is 12.3 Å². The molecule has 0 radical (unpaired) electrons. The van der Waals surface area contributed by atoms with Crippen molar-refractivity contribution in [1.82, 2.24) is 0 Å². The van der Waals surface area contributed by atoms with Gasteiger partial charge in [-0.05, 0) is 23.5 Å². The average molecular weight is 260 g/mol. The van der Waals surface area contributed by atoms with Crippen molar-refractivity contribution in [2.24, 2.45) is 5.41 Å². The van der Waals surface area contributed by atoms with Crippen molar-refractivity contribution in [3.05, 3.63) is 29.8 Å². The molecule has 0 N–H and O–H groups in total. The van der Waals surface area contributed by atoms with Crippen LogP contribution in [0.25, 0.3) is 0 Å². The van der Waals surface area contributed by atoms with E-state index in [2.05, 4.69) is 0 Å². The van der Waals surface area contributed by atoms with Gasteiger partial charge in [-0.1, -0.05) is 32.0 Å². The van der Waals surface area contributed by atoms with Crippen LogP contribution in [0, 0.1) is 5.41 Å². The Balaban J connectivity index is 2.90. The minimum Gasteiger partial charge on any atom is -0.496 e. The second kappa shape index (κ2) is 5.04. The number of methoxy groups -OCH3 is 1. The standard InChI is InChI=1S/C12H17FO3S/c1-12(2,9-17(13,14)15)8-10-6-4-5-7-11(10)16-3/h4-7H,8-9H2,1-3H3. The van der Waals surface area contributed by atoms with Crippen molar-refractivity contribution in [3.8, 4) is 5.75 Å². The van der Waals surface area contributed by atoms with Crippen molar-refractivity contribution < 1.29 is 17.0 Å². The summed E-state index contributed by atoms with van der Waals surface area (Å²) in [5.41, 5.74) is 0.214. The van der Waals surface area contributed by atoms with Crippen LogP contribution in [0.4, 0.5) is 3.89 Å². The lowest BCUT2D eigenvalue weighted by atomic mass is 9.87. The van der Waals surface area contributed by atoms with Gasteiger partial charge in [0, 0.05) is 0 Å². The van der Waals surface area contributed by atoms with Crippen LogP contribution in [-0.2, 0) is 16.6 Å². The molecule has 0 fully saturated rings. The zero-order valence-electron chi connectivity index (χ0n) is 10.2. The summed E-state index contributed by atoms with van der Waals surface area (Å²) in [5.74, 6) is 0.203. The fourth-order valence-electron chi connectivity index (χ4n) is 1.88. The van der Waals surface area contributed by atoms with Gasteiger partial charge in [-0.2, -0.15) is 8.42 Å². The van der Waals surface area contributed by atoms with Crippen LogP contribution in [0.5, 0.6) is 5.75 Å². The SMILES string of the molecule is COc1ccccc1CC(C)(C)CS(=O)(=O)F. The highest BCUT2D eigenvalue weighted by Crippen LogP contribution is 2.29. The highest BCUT2D eigenvalue weighted by molar-refractivity contribution is 7.86. The van der Waals surface area contributed by atoms with Crippen LogP contribution >= 0.6 is 0 Å². The topological polar surface area (TPSA) is 43.4 Å². The second-order valence-corrected chi connectivity index (χ2v) is 6.20. The third-order valence-electron chi connectivity index (χ3n) is 2.42. The molecule has 0 bridgehead atoms. The molecule has 0 aromatic heterocycles. The van der Waals surface area contributed by atoms with E-state index in [1.54, 1.807) is 27.0 Å². The van der Waals surface area contributed by atoms with E-state index in [0.29, 0.717) is 12.2 Å². The maximum atomic E-state index is 12.7. The van der Waals surface area contributed by atoms with Crippen LogP contribution in [0.2, 0.25) is 0 Å². The summed E-state index contributed by atoms with van der Waals surface area (Å²) >= 11 is 0. The van der Waals surface area contributed by atoms with E-state index in [0.717, 1.165) is 5.56 Å². The largest absolute Gasteiger partial charge is 0.496 e. The van der Waals surface area contributed by atoms with Gasteiger partial charge in [0.1, 0.15) is 5.75 Å². The maximum Gasteiger partial charge on any atom is 0.302 e. The summed E-state index contributed by atoms with van der Waals surface area (Å²) in [5, 5.41) is 0. The molecule has 0 unspecified atom stereocenters. The summed E-state index contributed by atoms with van der Waals surface area (Å²) in [4.78, 5) is 0. The molecule has 1 aromatic carbocycles. The Morgan fingerprint density at radius 3 is 2.41 bits per heavy atom. The Morgan fingerprint density at radius 1 is 1.29 bits per heavy atom. The van der Waals surface area contributed by atoms with E-state index in [1.165, 1.54) is 0 Å². The molecule has 1 rings (SSSR count). The number of para-hydroxylation sites is 1. The van der Waals surface area contributed by atoms with Gasteiger partial charge < -0.3 is 4.74 Å². The first kappa shape index (κ1) is 14.0. The lowest BCUT2D eigenvalue weighted by Gasteiger charge is -2.23. The summed E-state index contributed by atoms with van der Waals surface area (Å²) in [7, 11) is -2.91. The molecule has 96 valence electrons. The van der Waals surface area contributed by atoms with Crippen molar-refractivity contribution in [2.45, 2.75) is 20.3 Å². The minimum absolute atomic E-state index is 0.445. The van der Waals surface area contributed by atoms with Gasteiger partial charge in [-0.25, -0.2) is 0 Å². The fraction of sp³-hybridized carbons (Fsp3) is 0.500. The highest BCUT2D eigenvalue weighted by Gasteiger charge is 2.27. The van der Waals surface area contributed by atoms with E-state index >= 15 is 0 Å². The molecule has 0 saturated heterocycles. The van der Waals surface area contributed by atoms with Crippen molar-refractivity contribution >= 4 is 10.2 Å². The Hall–Kier alpha value is -1.10. The zero-order chi connectivity index (χ0) is 13.1. The molecule has 0 amide bonds. The van der Waals surface area contributed by atoms with Gasteiger partial charge in [0.05, 0.1) is 12.9 Å². The van der Waals surface area contributed by atoms with Gasteiger partial charge in [0.15, 0.2) is 0 Å². The first-order chi connectivity index (χ1) is 7.73. The molecule has 0 spiro atoms. The third kappa shape index (κ3) is 4.73. The van der Waals surface area contributed by atoms with E-state index in [-0.39, 0.29) is 0 Å². The second-order valence-electron chi connectivity index (χ2n) is 4.84. The summed E-state index contributed by atoms with van der Waals surface area (Å²) in [6.07, 6.45) is 0.445. The highest BCUT2D eigenvalue weighted by atomic mass is 32.3. The number of hydrogen-bond donors (Lipinski definition) is 0. The van der Waals surface area contributed by atoms with Crippen LogP contribution in [0.1, 0.15) is 19.4 Å². The zero-order valence-corrected chi connectivity index (χ0v) is 11.1. The summed E-state index contributed by atoms with van der Waals surface area (Å²) in [6.45, 7) is 3.44. The van der Waals surface area contributed by atoms with Gasteiger partial charge >= 0.3 is 10.2 Å². The molecule has 5 heteroatoms. The number of benzene rings is 1. The summed E-state index contributed by atoms with van der Waals surface area (Å²) in [6, 6.07) is 7.33. The van der Waals surface area contributed by atoms with E-state index in [4.69, 9.17) is 4.74 Å². The molecular formula is C12H17FO3S. The number of rotatable bonds is 5. The number of halogens is 1. The molecule has 0 aliphatic heterocycles. The van der Waals surface area contributed by atoms with Gasteiger partial charge in [-0.3, -0.25) is 0 Å². The lowest BCUT2D eigenvalue weighted by molar-refractivity contribution is 0.375. The minimum atomic E-state index is -4.46. The van der Waals surface area contributed by atoms with E-state index < -0.39 is 21.4 Å². The van der Waals surface area contributed by atoms with Crippen LogP contribution in [0.3, 0.4) is 0 Å². The predicted octanol–water partition coefficient (Wildman–Crippen LogP) is 2.56. The van der Waals surface area contributed by atoms with Crippen LogP contribution in [-0.4, -0.2) is 21.3 Å². The van der Waals surface area contributed by atoms with E-state index in [1.807, 2.05) is 18.2 Å². The molecule has 3 nitrogen and oxygen atoms in total. The number of ether oxygens (including phenoxy) is 1. The van der Waals surface area contributed by atoms with Gasteiger partial charge in [-0.15, -0.1) is 3.89 Å². The normalized spacial score (nSPS) is 12.5. The Morgan fingerprint density at radius 2 is 1.88 bits per heavy atom. The van der Waals surface area contributed by atoms with Crippen molar-refractivity contribution in [1.29, 1.82) is 0 Å². The molecule has 17 heavy (non-hydrogen) atoms. The molecule has 0 atom stereocenters. The molecule has 1 aromatic rings. The van der Waals surface area contributed by atoms with Crippen molar-refractivity contribution in [3.63, 3.8) is 0 Å². The van der Waals surface area contributed by atoms with Gasteiger partial charge in [0.2, 0.25) is 0 Å². The third-order valence-corrected chi connectivity index (χ3v) is 3.55. The molecule has 0 saturated carbocycles. The molecule has 0 aliphatic rings. The van der Waals surface area contributed by atoms with Crippen LogP contribution in [0.15, 0.2) is 24.3 Å². The number of hydrogen-bond acceptors (Lipinski definition) is 3. The Kier molecular flexibility index (Phi) is 4.14.